The Kier molecular flexibility index (Phi) is 5.67. The lowest BCUT2D eigenvalue weighted by atomic mass is 10.1. The number of rotatable bonds is 7. The number of hydrogen-bond donors (Lipinski definition) is 1. The van der Waals surface area contributed by atoms with Crippen molar-refractivity contribution in [3.63, 3.8) is 0 Å². The zero-order valence-electron chi connectivity index (χ0n) is 12.2. The van der Waals surface area contributed by atoms with Gasteiger partial charge in [0.25, 0.3) is 0 Å². The number of hydrogen-bond acceptors (Lipinski definition) is 3. The second-order valence-corrected chi connectivity index (χ2v) is 5.35. The van der Waals surface area contributed by atoms with E-state index in [0.717, 1.165) is 25.4 Å². The van der Waals surface area contributed by atoms with Crippen LogP contribution in [0.5, 0.6) is 5.75 Å². The lowest BCUT2D eigenvalue weighted by Crippen LogP contribution is -2.32. The van der Waals surface area contributed by atoms with Crippen LogP contribution in [0.25, 0.3) is 0 Å². The molecule has 0 unspecified atom stereocenters. The molecule has 2 rings (SSSR count). The molecular formula is C16H26N2O. The van der Waals surface area contributed by atoms with E-state index in [0.29, 0.717) is 0 Å². The average Bonchev–Trinajstić information content (AvgIpc) is 2.91. The summed E-state index contributed by atoms with van der Waals surface area (Å²) in [5.41, 5.74) is 2.54. The number of likely N-dealkylation sites (tertiary alicyclic amines) is 1. The summed E-state index contributed by atoms with van der Waals surface area (Å²) >= 11 is 0. The third-order valence-corrected chi connectivity index (χ3v) is 3.89. The normalized spacial score (nSPS) is 15.9. The van der Waals surface area contributed by atoms with E-state index in [9.17, 15) is 0 Å². The van der Waals surface area contributed by atoms with Crippen LogP contribution in [0.4, 0.5) is 0 Å². The molecule has 0 saturated carbocycles. The van der Waals surface area contributed by atoms with Gasteiger partial charge in [0.05, 0.1) is 0 Å². The molecule has 1 aromatic carbocycles. The fourth-order valence-electron chi connectivity index (χ4n) is 2.48. The molecule has 3 nitrogen and oxygen atoms in total. The molecule has 0 radical (unpaired) electrons. The number of benzene rings is 1. The number of nitrogens with zero attached hydrogens (tertiary/aromatic N) is 1. The van der Waals surface area contributed by atoms with Crippen LogP contribution in [-0.4, -0.2) is 44.2 Å². The van der Waals surface area contributed by atoms with Gasteiger partial charge in [-0.25, -0.2) is 0 Å². The second kappa shape index (κ2) is 7.51. The van der Waals surface area contributed by atoms with E-state index in [-0.39, 0.29) is 0 Å². The van der Waals surface area contributed by atoms with Crippen molar-refractivity contribution >= 4 is 0 Å². The summed E-state index contributed by atoms with van der Waals surface area (Å²) < 4.78 is 5.81. The zero-order valence-corrected chi connectivity index (χ0v) is 12.2. The van der Waals surface area contributed by atoms with E-state index in [2.05, 4.69) is 36.2 Å². The van der Waals surface area contributed by atoms with E-state index in [1.54, 1.807) is 0 Å². The van der Waals surface area contributed by atoms with Gasteiger partial charge in [0, 0.05) is 19.6 Å². The fourth-order valence-corrected chi connectivity index (χ4v) is 2.48. The summed E-state index contributed by atoms with van der Waals surface area (Å²) in [7, 11) is 0. The molecule has 3 heteroatoms. The molecule has 1 heterocycles. The first kappa shape index (κ1) is 14.4. The molecule has 1 N–H and O–H groups in total. The predicted octanol–water partition coefficient (Wildman–Crippen LogP) is 2.37. The zero-order chi connectivity index (χ0) is 13.5. The molecule has 0 bridgehead atoms. The van der Waals surface area contributed by atoms with Gasteiger partial charge >= 0.3 is 0 Å². The first-order chi connectivity index (χ1) is 9.27. The highest BCUT2D eigenvalue weighted by molar-refractivity contribution is 5.38. The Morgan fingerprint density at radius 2 is 1.95 bits per heavy atom. The van der Waals surface area contributed by atoms with Crippen molar-refractivity contribution in [2.75, 3.05) is 39.3 Å². The Labute approximate surface area is 116 Å². The van der Waals surface area contributed by atoms with E-state index < -0.39 is 0 Å². The summed E-state index contributed by atoms with van der Waals surface area (Å²) in [5.74, 6) is 1.02. The largest absolute Gasteiger partial charge is 0.492 e. The Balaban J connectivity index is 1.57. The number of nitrogens with one attached hydrogen (secondary N) is 1. The molecule has 19 heavy (non-hydrogen) atoms. The summed E-state index contributed by atoms with van der Waals surface area (Å²) in [6, 6.07) is 6.22. The Morgan fingerprint density at radius 3 is 2.74 bits per heavy atom. The highest BCUT2D eigenvalue weighted by Gasteiger charge is 2.09. The van der Waals surface area contributed by atoms with E-state index in [4.69, 9.17) is 4.74 Å². The van der Waals surface area contributed by atoms with Crippen molar-refractivity contribution in [2.45, 2.75) is 26.7 Å². The molecule has 1 fully saturated rings. The van der Waals surface area contributed by atoms with Gasteiger partial charge in [-0.05, 0) is 57.0 Å². The van der Waals surface area contributed by atoms with Crippen LogP contribution in [0, 0.1) is 13.8 Å². The smallest absolute Gasteiger partial charge is 0.122 e. The summed E-state index contributed by atoms with van der Waals surface area (Å²) in [6.07, 6.45) is 2.74. The fraction of sp³-hybridized carbons (Fsp3) is 0.625. The summed E-state index contributed by atoms with van der Waals surface area (Å²) in [4.78, 5) is 2.53. The summed E-state index contributed by atoms with van der Waals surface area (Å²) in [6.45, 7) is 10.7. The van der Waals surface area contributed by atoms with Gasteiger partial charge in [0.2, 0.25) is 0 Å². The van der Waals surface area contributed by atoms with E-state index in [1.165, 1.54) is 43.6 Å². The lowest BCUT2D eigenvalue weighted by molar-refractivity contribution is 0.298. The van der Waals surface area contributed by atoms with Gasteiger partial charge in [-0.1, -0.05) is 12.1 Å². The Bertz CT molecular complexity index is 386. The highest BCUT2D eigenvalue weighted by Crippen LogP contribution is 2.20. The van der Waals surface area contributed by atoms with Crippen molar-refractivity contribution in [3.05, 3.63) is 29.3 Å². The van der Waals surface area contributed by atoms with Crippen LogP contribution in [0.3, 0.4) is 0 Å². The molecule has 0 aliphatic carbocycles. The average molecular weight is 262 g/mol. The molecule has 0 spiro atoms. The Hall–Kier alpha value is -1.06. The quantitative estimate of drug-likeness (QED) is 0.764. The van der Waals surface area contributed by atoms with Crippen LogP contribution in [0.1, 0.15) is 24.0 Å². The van der Waals surface area contributed by atoms with Gasteiger partial charge in [-0.15, -0.1) is 0 Å². The topological polar surface area (TPSA) is 24.5 Å². The summed E-state index contributed by atoms with van der Waals surface area (Å²) in [5, 5.41) is 3.45. The Morgan fingerprint density at radius 1 is 1.16 bits per heavy atom. The number of aryl methyl sites for hydroxylation is 1. The minimum Gasteiger partial charge on any atom is -0.492 e. The molecule has 1 saturated heterocycles. The minimum atomic E-state index is 0.740. The first-order valence-corrected chi connectivity index (χ1v) is 7.39. The van der Waals surface area contributed by atoms with Crippen LogP contribution >= 0.6 is 0 Å². The van der Waals surface area contributed by atoms with Gasteiger partial charge in [0.15, 0.2) is 0 Å². The first-order valence-electron chi connectivity index (χ1n) is 7.39. The molecule has 0 amide bonds. The standard InChI is InChI=1S/C16H26N2O/c1-14-6-5-7-16(15(14)2)19-13-9-17-8-12-18-10-3-4-11-18/h5-7,17H,3-4,8-13H2,1-2H3. The van der Waals surface area contributed by atoms with Crippen LogP contribution in [0.15, 0.2) is 18.2 Å². The van der Waals surface area contributed by atoms with E-state index >= 15 is 0 Å². The highest BCUT2D eigenvalue weighted by atomic mass is 16.5. The maximum Gasteiger partial charge on any atom is 0.122 e. The maximum absolute atomic E-state index is 5.81. The molecule has 1 aromatic rings. The van der Waals surface area contributed by atoms with Crippen molar-refractivity contribution in [3.8, 4) is 5.75 Å². The van der Waals surface area contributed by atoms with Crippen molar-refractivity contribution < 1.29 is 4.74 Å². The van der Waals surface area contributed by atoms with E-state index in [1.807, 2.05) is 6.07 Å². The molecule has 106 valence electrons. The van der Waals surface area contributed by atoms with Gasteiger partial charge in [0.1, 0.15) is 12.4 Å². The lowest BCUT2D eigenvalue weighted by Gasteiger charge is -2.15. The van der Waals surface area contributed by atoms with Gasteiger partial charge < -0.3 is 15.0 Å². The van der Waals surface area contributed by atoms with Crippen molar-refractivity contribution in [1.29, 1.82) is 0 Å². The van der Waals surface area contributed by atoms with Crippen LogP contribution in [0.2, 0.25) is 0 Å². The third kappa shape index (κ3) is 4.51. The molecule has 1 aliphatic heterocycles. The van der Waals surface area contributed by atoms with Crippen LogP contribution in [-0.2, 0) is 0 Å². The van der Waals surface area contributed by atoms with Crippen molar-refractivity contribution in [2.24, 2.45) is 0 Å². The number of ether oxygens (including phenoxy) is 1. The molecule has 0 atom stereocenters. The molecular weight excluding hydrogens is 236 g/mol. The molecule has 1 aliphatic rings. The maximum atomic E-state index is 5.81. The monoisotopic (exact) mass is 262 g/mol. The minimum absolute atomic E-state index is 0.740. The third-order valence-electron chi connectivity index (χ3n) is 3.89. The molecule has 0 aromatic heterocycles. The van der Waals surface area contributed by atoms with Crippen LogP contribution < -0.4 is 10.1 Å². The second-order valence-electron chi connectivity index (χ2n) is 5.35. The predicted molar refractivity (Wildman–Crippen MR) is 80.0 cm³/mol. The SMILES string of the molecule is Cc1cccc(OCCNCCN2CCCC2)c1C. The van der Waals surface area contributed by atoms with Gasteiger partial charge in [-0.2, -0.15) is 0 Å². The van der Waals surface area contributed by atoms with Crippen molar-refractivity contribution in [1.82, 2.24) is 10.2 Å². The van der Waals surface area contributed by atoms with Gasteiger partial charge in [-0.3, -0.25) is 0 Å².